The van der Waals surface area contributed by atoms with Crippen LogP contribution in [-0.4, -0.2) is 60.2 Å². The lowest BCUT2D eigenvalue weighted by molar-refractivity contribution is 0.193. The number of rotatable bonds is 6. The van der Waals surface area contributed by atoms with Crippen molar-refractivity contribution in [2.75, 3.05) is 44.2 Å². The van der Waals surface area contributed by atoms with Gasteiger partial charge in [-0.05, 0) is 35.6 Å². The third-order valence-corrected chi connectivity index (χ3v) is 4.99. The van der Waals surface area contributed by atoms with Crippen molar-refractivity contribution in [3.63, 3.8) is 0 Å². The number of hydrogen-bond acceptors (Lipinski definition) is 5. The molecule has 2 amide bonds. The molecule has 0 unspecified atom stereocenters. The molecule has 2 aromatic rings. The summed E-state index contributed by atoms with van der Waals surface area (Å²) in [5.41, 5.74) is 1.43. The van der Waals surface area contributed by atoms with Crippen LogP contribution in [0.15, 0.2) is 42.7 Å². The van der Waals surface area contributed by atoms with Crippen molar-refractivity contribution in [3.05, 3.63) is 48.3 Å². The summed E-state index contributed by atoms with van der Waals surface area (Å²) in [6.45, 7) is 10.6. The summed E-state index contributed by atoms with van der Waals surface area (Å²) in [4.78, 5) is 24.8. The number of nitrogens with zero attached hydrogens (tertiary/aromatic N) is 4. The number of nitrogens with one attached hydrogen (secondary N) is 1. The van der Waals surface area contributed by atoms with Crippen LogP contribution in [0.25, 0.3) is 0 Å². The molecule has 0 bridgehead atoms. The maximum atomic E-state index is 12.3. The summed E-state index contributed by atoms with van der Waals surface area (Å²) < 4.78 is 5.78. The molecule has 1 fully saturated rings. The zero-order chi connectivity index (χ0) is 20.7. The number of urea groups is 1. The summed E-state index contributed by atoms with van der Waals surface area (Å²) in [6, 6.07) is 10.0. The minimum atomic E-state index is -0.0202. The third kappa shape index (κ3) is 6.07. The molecule has 1 aromatic carbocycles. The van der Waals surface area contributed by atoms with Gasteiger partial charge in [0.05, 0.1) is 6.61 Å². The highest BCUT2D eigenvalue weighted by atomic mass is 16.5. The maximum Gasteiger partial charge on any atom is 0.317 e. The van der Waals surface area contributed by atoms with Crippen LogP contribution in [0.5, 0.6) is 5.75 Å². The van der Waals surface area contributed by atoms with Crippen LogP contribution in [0.1, 0.15) is 32.8 Å². The molecule has 1 aliphatic rings. The van der Waals surface area contributed by atoms with Crippen molar-refractivity contribution in [3.8, 4) is 5.75 Å². The average molecular weight is 398 g/mol. The Balaban J connectivity index is 1.31. The van der Waals surface area contributed by atoms with E-state index < -0.39 is 0 Å². The van der Waals surface area contributed by atoms with E-state index in [-0.39, 0.29) is 11.4 Å². The molecule has 0 atom stereocenters. The summed E-state index contributed by atoms with van der Waals surface area (Å²) in [5, 5.41) is 2.98. The van der Waals surface area contributed by atoms with E-state index in [9.17, 15) is 4.79 Å². The van der Waals surface area contributed by atoms with E-state index in [1.807, 2.05) is 17.0 Å². The molecule has 0 aliphatic carbocycles. The van der Waals surface area contributed by atoms with Crippen molar-refractivity contribution >= 4 is 12.0 Å². The van der Waals surface area contributed by atoms with Crippen molar-refractivity contribution in [2.45, 2.75) is 32.6 Å². The summed E-state index contributed by atoms with van der Waals surface area (Å²) in [6.07, 6.45) is 4.25. The first-order valence-corrected chi connectivity index (χ1v) is 10.2. The number of aromatic nitrogens is 2. The number of hydrogen-bond donors (Lipinski definition) is 1. The lowest BCUT2D eigenvalue weighted by atomic mass is 9.87. The lowest BCUT2D eigenvalue weighted by Gasteiger charge is -2.34. The second-order valence-corrected chi connectivity index (χ2v) is 8.23. The fourth-order valence-corrected chi connectivity index (χ4v) is 3.18. The summed E-state index contributed by atoms with van der Waals surface area (Å²) >= 11 is 0. The largest absolute Gasteiger partial charge is 0.494 e. The Morgan fingerprint density at radius 2 is 1.72 bits per heavy atom. The van der Waals surface area contributed by atoms with E-state index in [4.69, 9.17) is 4.74 Å². The second-order valence-electron chi connectivity index (χ2n) is 8.23. The van der Waals surface area contributed by atoms with Gasteiger partial charge in [0.15, 0.2) is 0 Å². The van der Waals surface area contributed by atoms with Gasteiger partial charge in [0.1, 0.15) is 5.75 Å². The normalized spacial score (nSPS) is 14.6. The van der Waals surface area contributed by atoms with Crippen molar-refractivity contribution < 1.29 is 9.53 Å². The predicted molar refractivity (Wildman–Crippen MR) is 114 cm³/mol. The topological polar surface area (TPSA) is 70.6 Å². The number of carbonyl (C=O) groups excluding carboxylic acids is 1. The number of ether oxygens (including phenoxy) is 1. The standard InChI is InChI=1S/C22H31N5O2/c1-22(2,3)18-6-8-19(9-7-18)29-17-5-12-25-21(28)27-15-13-26(14-16-27)20-23-10-4-11-24-20/h4,6-11H,5,12-17H2,1-3H3,(H,25,28). The van der Waals surface area contributed by atoms with Gasteiger partial charge in [-0.2, -0.15) is 0 Å². The molecule has 0 saturated carbocycles. The number of amides is 2. The monoisotopic (exact) mass is 397 g/mol. The Kier molecular flexibility index (Phi) is 6.90. The highest BCUT2D eigenvalue weighted by molar-refractivity contribution is 5.74. The van der Waals surface area contributed by atoms with E-state index in [0.717, 1.165) is 31.2 Å². The van der Waals surface area contributed by atoms with Crippen LogP contribution < -0.4 is 15.0 Å². The Bertz CT molecular complexity index is 766. The van der Waals surface area contributed by atoms with Crippen LogP contribution in [0.4, 0.5) is 10.7 Å². The Morgan fingerprint density at radius 3 is 2.34 bits per heavy atom. The first-order valence-electron chi connectivity index (χ1n) is 10.2. The van der Waals surface area contributed by atoms with Crippen LogP contribution in [0.3, 0.4) is 0 Å². The maximum absolute atomic E-state index is 12.3. The first kappa shape index (κ1) is 20.9. The van der Waals surface area contributed by atoms with Crippen LogP contribution in [0, 0.1) is 0 Å². The summed E-state index contributed by atoms with van der Waals surface area (Å²) in [5.74, 6) is 1.59. The fourth-order valence-electron chi connectivity index (χ4n) is 3.18. The minimum Gasteiger partial charge on any atom is -0.494 e. The highest BCUT2D eigenvalue weighted by Crippen LogP contribution is 2.24. The van der Waals surface area contributed by atoms with Crippen molar-refractivity contribution in [1.82, 2.24) is 20.2 Å². The van der Waals surface area contributed by atoms with Crippen LogP contribution in [-0.2, 0) is 5.41 Å². The lowest BCUT2D eigenvalue weighted by Crippen LogP contribution is -2.52. The number of piperazine rings is 1. The number of benzene rings is 1. The third-order valence-electron chi connectivity index (χ3n) is 4.99. The highest BCUT2D eigenvalue weighted by Gasteiger charge is 2.22. The minimum absolute atomic E-state index is 0.0202. The van der Waals surface area contributed by atoms with Gasteiger partial charge in [0, 0.05) is 45.1 Å². The second kappa shape index (κ2) is 9.58. The first-order chi connectivity index (χ1) is 13.9. The van der Waals surface area contributed by atoms with Gasteiger partial charge < -0.3 is 19.9 Å². The molecule has 0 spiro atoms. The molecular formula is C22H31N5O2. The van der Waals surface area contributed by atoms with E-state index in [1.165, 1.54) is 5.56 Å². The SMILES string of the molecule is CC(C)(C)c1ccc(OCCCNC(=O)N2CCN(c3ncccn3)CC2)cc1. The van der Waals surface area contributed by atoms with Crippen LogP contribution in [0.2, 0.25) is 0 Å². The molecule has 2 heterocycles. The smallest absolute Gasteiger partial charge is 0.317 e. The van der Waals surface area contributed by atoms with Crippen molar-refractivity contribution in [2.24, 2.45) is 0 Å². The van der Waals surface area contributed by atoms with Gasteiger partial charge in [0.25, 0.3) is 0 Å². The molecule has 3 rings (SSSR count). The molecule has 1 aromatic heterocycles. The van der Waals surface area contributed by atoms with Gasteiger partial charge in [-0.3, -0.25) is 0 Å². The Labute approximate surface area is 173 Å². The van der Waals surface area contributed by atoms with Gasteiger partial charge in [-0.15, -0.1) is 0 Å². The molecule has 1 aliphatic heterocycles. The van der Waals surface area contributed by atoms with E-state index in [1.54, 1.807) is 18.5 Å². The summed E-state index contributed by atoms with van der Waals surface area (Å²) in [7, 11) is 0. The molecule has 1 N–H and O–H groups in total. The van der Waals surface area contributed by atoms with Gasteiger partial charge in [-0.25, -0.2) is 14.8 Å². The Hall–Kier alpha value is -2.83. The van der Waals surface area contributed by atoms with Crippen molar-refractivity contribution in [1.29, 1.82) is 0 Å². The number of carbonyl (C=O) groups is 1. The molecular weight excluding hydrogens is 366 g/mol. The molecule has 29 heavy (non-hydrogen) atoms. The molecule has 7 heteroatoms. The average Bonchev–Trinajstić information content (AvgIpc) is 2.74. The zero-order valence-electron chi connectivity index (χ0n) is 17.6. The van der Waals surface area contributed by atoms with E-state index in [2.05, 4.69) is 53.1 Å². The predicted octanol–water partition coefficient (Wildman–Crippen LogP) is 3.07. The molecule has 7 nitrogen and oxygen atoms in total. The van der Waals surface area contributed by atoms with E-state index in [0.29, 0.717) is 26.2 Å². The Morgan fingerprint density at radius 1 is 1.07 bits per heavy atom. The van der Waals surface area contributed by atoms with Crippen LogP contribution >= 0.6 is 0 Å². The van der Waals surface area contributed by atoms with E-state index >= 15 is 0 Å². The zero-order valence-corrected chi connectivity index (χ0v) is 17.6. The van der Waals surface area contributed by atoms with Gasteiger partial charge in [0.2, 0.25) is 5.95 Å². The fraction of sp³-hybridized carbons (Fsp3) is 0.500. The quantitative estimate of drug-likeness (QED) is 0.759. The molecule has 156 valence electrons. The van der Waals surface area contributed by atoms with Gasteiger partial charge in [-0.1, -0.05) is 32.9 Å². The molecule has 1 saturated heterocycles. The number of anilines is 1. The molecule has 0 radical (unpaired) electrons. The van der Waals surface area contributed by atoms with Gasteiger partial charge >= 0.3 is 6.03 Å².